The van der Waals surface area contributed by atoms with Crippen molar-refractivity contribution in [2.45, 2.75) is 62.8 Å². The van der Waals surface area contributed by atoms with Gasteiger partial charge in [-0.2, -0.15) is 0 Å². The normalized spacial score (nSPS) is 35.2. The predicted octanol–water partition coefficient (Wildman–Crippen LogP) is 3.87. The second kappa shape index (κ2) is 5.39. The summed E-state index contributed by atoms with van der Waals surface area (Å²) in [7, 11) is 1.71. The molecule has 3 fully saturated rings. The molecule has 1 aromatic rings. The average Bonchev–Trinajstić information content (AvgIpc) is 3.42. The van der Waals surface area contributed by atoms with Gasteiger partial charge in [0.05, 0.1) is 7.11 Å². The van der Waals surface area contributed by atoms with Gasteiger partial charge in [-0.25, -0.2) is 0 Å². The number of rotatable bonds is 3. The van der Waals surface area contributed by atoms with Crippen LogP contribution < -0.4 is 4.74 Å². The molecule has 0 unspecified atom stereocenters. The van der Waals surface area contributed by atoms with Crippen LogP contribution in [0.5, 0.6) is 11.5 Å². The van der Waals surface area contributed by atoms with Gasteiger partial charge in [-0.15, -0.1) is 0 Å². The van der Waals surface area contributed by atoms with Gasteiger partial charge in [0.2, 0.25) is 0 Å². The Morgan fingerprint density at radius 2 is 2.08 bits per heavy atom. The third-order valence-corrected chi connectivity index (χ3v) is 7.45. The molecule has 3 heteroatoms. The number of likely N-dealkylation sites (tertiary alicyclic amines) is 1. The minimum Gasteiger partial charge on any atom is -0.508 e. The second-order valence-corrected chi connectivity index (χ2v) is 8.64. The van der Waals surface area contributed by atoms with Crippen LogP contribution in [0, 0.1) is 11.8 Å². The lowest BCUT2D eigenvalue weighted by Crippen LogP contribution is -2.61. The number of hydrogen-bond donors (Lipinski definition) is 1. The number of aromatic hydroxyl groups is 1. The molecule has 5 rings (SSSR count). The van der Waals surface area contributed by atoms with Gasteiger partial charge in [0.25, 0.3) is 0 Å². The molecule has 3 nitrogen and oxygen atoms in total. The van der Waals surface area contributed by atoms with Crippen molar-refractivity contribution in [3.8, 4) is 11.5 Å². The van der Waals surface area contributed by atoms with Crippen LogP contribution >= 0.6 is 0 Å². The van der Waals surface area contributed by atoms with E-state index in [0.717, 1.165) is 24.0 Å². The number of methoxy groups -OCH3 is 1. The highest BCUT2D eigenvalue weighted by Gasteiger charge is 2.54. The Hall–Kier alpha value is -1.22. The van der Waals surface area contributed by atoms with Crippen molar-refractivity contribution in [3.05, 3.63) is 23.3 Å². The first-order chi connectivity index (χ1) is 11.7. The van der Waals surface area contributed by atoms with E-state index in [9.17, 15) is 5.11 Å². The molecule has 2 saturated carbocycles. The standard InChI is InChI=1S/C21H29NO2/c1-24-15-10-18-16(20(23)11-15)12-19-17-4-2-3-7-21(17,18)8-9-22(19)13-14-5-6-14/h10-11,14,17,19,23H,2-9,12-13H2,1H3/t17-,19+,21+/m0/s1. The first-order valence-electron chi connectivity index (χ1n) is 9.86. The van der Waals surface area contributed by atoms with Crippen molar-refractivity contribution >= 4 is 0 Å². The Morgan fingerprint density at radius 3 is 2.88 bits per heavy atom. The minimum absolute atomic E-state index is 0.294. The maximum atomic E-state index is 10.7. The van der Waals surface area contributed by atoms with E-state index in [2.05, 4.69) is 11.0 Å². The van der Waals surface area contributed by atoms with E-state index in [0.29, 0.717) is 17.2 Å². The van der Waals surface area contributed by atoms with Crippen molar-refractivity contribution < 1.29 is 9.84 Å². The van der Waals surface area contributed by atoms with Crippen molar-refractivity contribution in [2.75, 3.05) is 20.2 Å². The second-order valence-electron chi connectivity index (χ2n) is 8.64. The van der Waals surface area contributed by atoms with E-state index in [1.54, 1.807) is 7.11 Å². The predicted molar refractivity (Wildman–Crippen MR) is 94.7 cm³/mol. The summed E-state index contributed by atoms with van der Waals surface area (Å²) in [4.78, 5) is 2.79. The molecule has 0 amide bonds. The lowest BCUT2D eigenvalue weighted by Gasteiger charge is -2.59. The summed E-state index contributed by atoms with van der Waals surface area (Å²) in [5, 5.41) is 10.7. The van der Waals surface area contributed by atoms with E-state index in [1.807, 2.05) is 6.07 Å². The quantitative estimate of drug-likeness (QED) is 0.915. The monoisotopic (exact) mass is 327 g/mol. The number of phenols is 1. The highest BCUT2D eigenvalue weighted by Crippen LogP contribution is 2.57. The van der Waals surface area contributed by atoms with Crippen molar-refractivity contribution in [1.82, 2.24) is 4.90 Å². The topological polar surface area (TPSA) is 32.7 Å². The molecule has 1 saturated heterocycles. The fourth-order valence-corrected chi connectivity index (χ4v) is 6.12. The Kier molecular flexibility index (Phi) is 3.38. The molecule has 1 N–H and O–H groups in total. The Morgan fingerprint density at radius 1 is 1.21 bits per heavy atom. The number of fused-ring (bicyclic) bond motifs is 1. The number of benzene rings is 1. The van der Waals surface area contributed by atoms with Crippen LogP contribution in [0.25, 0.3) is 0 Å². The first-order valence-corrected chi connectivity index (χ1v) is 9.86. The Labute approximate surface area is 145 Å². The van der Waals surface area contributed by atoms with E-state index in [1.165, 1.54) is 69.2 Å². The molecule has 0 radical (unpaired) electrons. The van der Waals surface area contributed by atoms with Crippen LogP contribution in [0.4, 0.5) is 0 Å². The summed E-state index contributed by atoms with van der Waals surface area (Å²) in [5.74, 6) is 3.01. The zero-order valence-electron chi connectivity index (χ0n) is 14.8. The SMILES string of the molecule is COc1cc(O)c2c(c1)[C@@]13CCCC[C@H]1[C@@H](C2)N(CC1CC1)CC3. The highest BCUT2D eigenvalue weighted by molar-refractivity contribution is 5.52. The lowest BCUT2D eigenvalue weighted by molar-refractivity contribution is -0.0140. The molecule has 0 aromatic heterocycles. The number of hydrogen-bond acceptors (Lipinski definition) is 3. The van der Waals surface area contributed by atoms with E-state index >= 15 is 0 Å². The van der Waals surface area contributed by atoms with E-state index < -0.39 is 0 Å². The summed E-state index contributed by atoms with van der Waals surface area (Å²) >= 11 is 0. The molecule has 24 heavy (non-hydrogen) atoms. The maximum Gasteiger partial charge on any atom is 0.122 e. The molecular weight excluding hydrogens is 298 g/mol. The Balaban J connectivity index is 1.61. The fraction of sp³-hybridized carbons (Fsp3) is 0.714. The van der Waals surface area contributed by atoms with Crippen molar-refractivity contribution in [2.24, 2.45) is 11.8 Å². The molecule has 2 bridgehead atoms. The first kappa shape index (κ1) is 15.1. The summed E-state index contributed by atoms with van der Waals surface area (Å²) in [5.41, 5.74) is 2.94. The number of piperidine rings is 1. The van der Waals surface area contributed by atoms with Crippen molar-refractivity contribution in [3.63, 3.8) is 0 Å². The Bertz CT molecular complexity index is 653. The molecule has 3 aliphatic carbocycles. The third kappa shape index (κ3) is 2.13. The van der Waals surface area contributed by atoms with Crippen LogP contribution in [0.3, 0.4) is 0 Å². The summed E-state index contributed by atoms with van der Waals surface area (Å²) < 4.78 is 5.49. The average molecular weight is 327 g/mol. The van der Waals surface area contributed by atoms with Gasteiger partial charge in [-0.05, 0) is 74.1 Å². The molecule has 130 valence electrons. The van der Waals surface area contributed by atoms with Gasteiger partial charge in [-0.1, -0.05) is 12.8 Å². The third-order valence-electron chi connectivity index (χ3n) is 7.45. The lowest BCUT2D eigenvalue weighted by atomic mass is 9.52. The van der Waals surface area contributed by atoms with Gasteiger partial charge in [-0.3, -0.25) is 4.90 Å². The van der Waals surface area contributed by atoms with Crippen molar-refractivity contribution in [1.29, 1.82) is 0 Å². The number of phenolic OH excluding ortho intramolecular Hbond substituents is 1. The van der Waals surface area contributed by atoms with Gasteiger partial charge in [0.15, 0.2) is 0 Å². The summed E-state index contributed by atoms with van der Waals surface area (Å²) in [6.45, 7) is 2.54. The van der Waals surface area contributed by atoms with Crippen LogP contribution in [0.15, 0.2) is 12.1 Å². The van der Waals surface area contributed by atoms with Crippen LogP contribution in [-0.4, -0.2) is 36.2 Å². The maximum absolute atomic E-state index is 10.7. The molecule has 3 atom stereocenters. The molecule has 1 heterocycles. The molecule has 1 aromatic carbocycles. The smallest absolute Gasteiger partial charge is 0.122 e. The van der Waals surface area contributed by atoms with Crippen LogP contribution in [0.1, 0.15) is 56.1 Å². The van der Waals surface area contributed by atoms with Gasteiger partial charge >= 0.3 is 0 Å². The fourth-order valence-electron chi connectivity index (χ4n) is 6.12. The zero-order chi connectivity index (χ0) is 16.3. The molecule has 1 aliphatic heterocycles. The van der Waals surface area contributed by atoms with Gasteiger partial charge < -0.3 is 9.84 Å². The summed E-state index contributed by atoms with van der Waals surface area (Å²) in [6, 6.07) is 4.71. The largest absolute Gasteiger partial charge is 0.508 e. The molecule has 0 spiro atoms. The van der Waals surface area contributed by atoms with Crippen LogP contribution in [-0.2, 0) is 11.8 Å². The van der Waals surface area contributed by atoms with E-state index in [4.69, 9.17) is 4.74 Å². The van der Waals surface area contributed by atoms with Gasteiger partial charge in [0, 0.05) is 24.1 Å². The molecule has 4 aliphatic rings. The number of ether oxygens (including phenoxy) is 1. The highest BCUT2D eigenvalue weighted by atomic mass is 16.5. The summed E-state index contributed by atoms with van der Waals surface area (Å²) in [6.07, 6.45) is 10.5. The minimum atomic E-state index is 0.294. The van der Waals surface area contributed by atoms with Crippen LogP contribution in [0.2, 0.25) is 0 Å². The van der Waals surface area contributed by atoms with E-state index in [-0.39, 0.29) is 0 Å². The van der Waals surface area contributed by atoms with Gasteiger partial charge in [0.1, 0.15) is 11.5 Å². The number of nitrogens with zero attached hydrogens (tertiary/aromatic N) is 1. The zero-order valence-corrected chi connectivity index (χ0v) is 14.8. The molecular formula is C21H29NO2.